The molecule has 2 unspecified atom stereocenters. The van der Waals surface area contributed by atoms with E-state index in [1.54, 1.807) is 20.8 Å². The predicted molar refractivity (Wildman–Crippen MR) is 71.5 cm³/mol. The smallest absolute Gasteiger partial charge is 0.326 e. The zero-order valence-corrected chi connectivity index (χ0v) is 12.0. The summed E-state index contributed by atoms with van der Waals surface area (Å²) in [5.74, 6) is -1.83. The lowest BCUT2D eigenvalue weighted by Crippen LogP contribution is -2.53. The summed E-state index contributed by atoms with van der Waals surface area (Å²) in [6.45, 7) is 7.15. The molecule has 0 aromatic rings. The lowest BCUT2D eigenvalue weighted by molar-refractivity contribution is -0.142. The van der Waals surface area contributed by atoms with E-state index < -0.39 is 24.0 Å². The molecule has 0 bridgehead atoms. The number of hydrogen-bond donors (Lipinski definition) is 3. The van der Waals surface area contributed by atoms with E-state index >= 15 is 0 Å². The van der Waals surface area contributed by atoms with Crippen molar-refractivity contribution in [3.8, 4) is 0 Å². The minimum atomic E-state index is -1.06. The second-order valence-corrected chi connectivity index (χ2v) is 4.83. The van der Waals surface area contributed by atoms with Gasteiger partial charge in [-0.2, -0.15) is 0 Å². The van der Waals surface area contributed by atoms with E-state index in [9.17, 15) is 14.4 Å². The number of rotatable bonds is 8. The minimum Gasteiger partial charge on any atom is -0.480 e. The van der Waals surface area contributed by atoms with Gasteiger partial charge in [0.25, 0.3) is 0 Å². The first-order valence-electron chi connectivity index (χ1n) is 6.65. The third-order valence-corrected chi connectivity index (χ3v) is 2.78. The number of amides is 2. The van der Waals surface area contributed by atoms with E-state index in [0.717, 1.165) is 0 Å². The Hall–Kier alpha value is -1.59. The highest BCUT2D eigenvalue weighted by atomic mass is 16.4. The van der Waals surface area contributed by atoms with Crippen LogP contribution in [0.1, 0.15) is 47.0 Å². The van der Waals surface area contributed by atoms with Crippen molar-refractivity contribution in [1.29, 1.82) is 0 Å². The summed E-state index contributed by atoms with van der Waals surface area (Å²) in [4.78, 5) is 34.4. The van der Waals surface area contributed by atoms with Crippen LogP contribution in [0.5, 0.6) is 0 Å². The van der Waals surface area contributed by atoms with Crippen molar-refractivity contribution >= 4 is 17.8 Å². The van der Waals surface area contributed by atoms with Crippen LogP contribution in [-0.2, 0) is 14.4 Å². The molecule has 0 aliphatic carbocycles. The highest BCUT2D eigenvalue weighted by Gasteiger charge is 2.27. The summed E-state index contributed by atoms with van der Waals surface area (Å²) in [7, 11) is 0. The maximum absolute atomic E-state index is 12.0. The van der Waals surface area contributed by atoms with Crippen LogP contribution >= 0.6 is 0 Å². The molecule has 0 radical (unpaired) electrons. The van der Waals surface area contributed by atoms with Gasteiger partial charge in [-0.15, -0.1) is 0 Å². The van der Waals surface area contributed by atoms with Crippen LogP contribution in [0.15, 0.2) is 0 Å². The number of nitrogens with one attached hydrogen (secondary N) is 2. The number of aliphatic carboxylic acids is 1. The lowest BCUT2D eigenvalue weighted by atomic mass is 10.0. The van der Waals surface area contributed by atoms with E-state index in [1.165, 1.54) is 0 Å². The summed E-state index contributed by atoms with van der Waals surface area (Å²) in [6, 6.07) is -1.61. The van der Waals surface area contributed by atoms with E-state index in [-0.39, 0.29) is 18.2 Å². The van der Waals surface area contributed by atoms with Gasteiger partial charge in [-0.1, -0.05) is 34.1 Å². The van der Waals surface area contributed by atoms with Crippen LogP contribution in [-0.4, -0.2) is 35.0 Å². The molecule has 3 N–H and O–H groups in total. The van der Waals surface area contributed by atoms with E-state index in [1.807, 2.05) is 6.92 Å². The van der Waals surface area contributed by atoms with Gasteiger partial charge >= 0.3 is 5.97 Å². The van der Waals surface area contributed by atoms with E-state index in [4.69, 9.17) is 5.11 Å². The number of carboxylic acids is 1. The van der Waals surface area contributed by atoms with Gasteiger partial charge in [0.15, 0.2) is 0 Å². The standard InChI is InChI=1S/C13H24N2O4/c1-5-7-9(13(18)19)14-12(17)11(8(3)4)15-10(16)6-2/h8-9,11H,5-7H2,1-4H3,(H,14,17)(H,15,16)(H,18,19). The molecule has 0 fully saturated rings. The lowest BCUT2D eigenvalue weighted by Gasteiger charge is -2.23. The fourth-order valence-electron chi connectivity index (χ4n) is 1.62. The van der Waals surface area contributed by atoms with Gasteiger partial charge in [0.05, 0.1) is 0 Å². The molecular weight excluding hydrogens is 248 g/mol. The van der Waals surface area contributed by atoms with Crippen molar-refractivity contribution < 1.29 is 19.5 Å². The Balaban J connectivity index is 4.71. The van der Waals surface area contributed by atoms with Gasteiger partial charge < -0.3 is 15.7 Å². The minimum absolute atomic E-state index is 0.105. The summed E-state index contributed by atoms with van der Waals surface area (Å²) in [6.07, 6.45) is 1.31. The molecule has 6 heteroatoms. The monoisotopic (exact) mass is 272 g/mol. The molecule has 0 heterocycles. The van der Waals surface area contributed by atoms with Gasteiger partial charge in [0, 0.05) is 6.42 Å². The zero-order chi connectivity index (χ0) is 15.0. The first-order valence-corrected chi connectivity index (χ1v) is 6.65. The maximum atomic E-state index is 12.0. The Morgan fingerprint density at radius 1 is 1.11 bits per heavy atom. The van der Waals surface area contributed by atoms with E-state index in [2.05, 4.69) is 10.6 Å². The van der Waals surface area contributed by atoms with E-state index in [0.29, 0.717) is 12.8 Å². The number of hydrogen-bond acceptors (Lipinski definition) is 3. The molecular formula is C13H24N2O4. The van der Waals surface area contributed by atoms with Crippen molar-refractivity contribution in [2.45, 2.75) is 59.0 Å². The average Bonchev–Trinajstić information content (AvgIpc) is 2.34. The molecule has 0 aliphatic rings. The molecule has 2 amide bonds. The first kappa shape index (κ1) is 17.4. The Morgan fingerprint density at radius 3 is 2.05 bits per heavy atom. The predicted octanol–water partition coefficient (Wildman–Crippen LogP) is 0.907. The SMILES string of the molecule is CCCC(NC(=O)C(NC(=O)CC)C(C)C)C(=O)O. The molecule has 19 heavy (non-hydrogen) atoms. The molecule has 110 valence electrons. The summed E-state index contributed by atoms with van der Waals surface area (Å²) in [5.41, 5.74) is 0. The third-order valence-electron chi connectivity index (χ3n) is 2.78. The Morgan fingerprint density at radius 2 is 1.68 bits per heavy atom. The first-order chi connectivity index (χ1) is 8.83. The quantitative estimate of drug-likeness (QED) is 0.612. The van der Waals surface area contributed by atoms with Gasteiger partial charge in [0.1, 0.15) is 12.1 Å². The van der Waals surface area contributed by atoms with Gasteiger partial charge in [-0.05, 0) is 12.3 Å². The number of carbonyl (C=O) groups excluding carboxylic acids is 2. The highest BCUT2D eigenvalue weighted by Crippen LogP contribution is 2.05. The van der Waals surface area contributed by atoms with Crippen LogP contribution in [0.25, 0.3) is 0 Å². The second-order valence-electron chi connectivity index (χ2n) is 4.83. The zero-order valence-electron chi connectivity index (χ0n) is 12.0. The van der Waals surface area contributed by atoms with Crippen LogP contribution in [0.4, 0.5) is 0 Å². The van der Waals surface area contributed by atoms with Crippen molar-refractivity contribution in [3.63, 3.8) is 0 Å². The molecule has 0 saturated carbocycles. The highest BCUT2D eigenvalue weighted by molar-refractivity contribution is 5.90. The number of carbonyl (C=O) groups is 3. The van der Waals surface area contributed by atoms with Gasteiger partial charge in [-0.25, -0.2) is 4.79 Å². The molecule has 0 saturated heterocycles. The van der Waals surface area contributed by atoms with Crippen LogP contribution < -0.4 is 10.6 Å². The van der Waals surface area contributed by atoms with Crippen LogP contribution in [0.2, 0.25) is 0 Å². The van der Waals surface area contributed by atoms with Crippen molar-refractivity contribution in [2.24, 2.45) is 5.92 Å². The summed E-state index contributed by atoms with van der Waals surface area (Å²) >= 11 is 0. The molecule has 0 aliphatic heterocycles. The van der Waals surface area contributed by atoms with Crippen molar-refractivity contribution in [2.75, 3.05) is 0 Å². The number of carboxylic acid groups (broad SMARTS) is 1. The molecule has 0 rings (SSSR count). The Kier molecular flexibility index (Phi) is 7.79. The fraction of sp³-hybridized carbons (Fsp3) is 0.769. The Labute approximate surface area is 113 Å². The average molecular weight is 272 g/mol. The second kappa shape index (κ2) is 8.50. The van der Waals surface area contributed by atoms with Gasteiger partial charge in [-0.3, -0.25) is 9.59 Å². The fourth-order valence-corrected chi connectivity index (χ4v) is 1.62. The molecule has 0 spiro atoms. The van der Waals surface area contributed by atoms with Crippen LogP contribution in [0.3, 0.4) is 0 Å². The largest absolute Gasteiger partial charge is 0.480 e. The Bertz CT molecular complexity index is 329. The molecule has 0 aromatic heterocycles. The topological polar surface area (TPSA) is 95.5 Å². The summed E-state index contributed by atoms with van der Waals surface area (Å²) in [5, 5.41) is 14.1. The van der Waals surface area contributed by atoms with Crippen molar-refractivity contribution in [3.05, 3.63) is 0 Å². The molecule has 0 aromatic carbocycles. The normalized spacial score (nSPS) is 13.7. The van der Waals surface area contributed by atoms with Crippen molar-refractivity contribution in [1.82, 2.24) is 10.6 Å². The summed E-state index contributed by atoms with van der Waals surface area (Å²) < 4.78 is 0. The van der Waals surface area contributed by atoms with Crippen LogP contribution in [0, 0.1) is 5.92 Å². The molecule has 6 nitrogen and oxygen atoms in total. The third kappa shape index (κ3) is 6.22. The molecule has 2 atom stereocenters. The van der Waals surface area contributed by atoms with Gasteiger partial charge in [0.2, 0.25) is 11.8 Å². The maximum Gasteiger partial charge on any atom is 0.326 e.